The van der Waals surface area contributed by atoms with Crippen molar-refractivity contribution >= 4 is 54.6 Å². The van der Waals surface area contributed by atoms with Crippen LogP contribution in [0.5, 0.6) is 0 Å². The molecule has 6 aromatic rings. The molecule has 0 N–H and O–H groups in total. The summed E-state index contributed by atoms with van der Waals surface area (Å²) < 4.78 is 13.0. The minimum absolute atomic E-state index is 0.862. The number of furan rings is 2. The van der Waals surface area contributed by atoms with Crippen LogP contribution in [-0.4, -0.2) is 0 Å². The quantitative estimate of drug-likeness (QED) is 0.155. The molecule has 0 spiro atoms. The summed E-state index contributed by atoms with van der Waals surface area (Å²) in [5, 5.41) is 7.12. The van der Waals surface area contributed by atoms with Crippen LogP contribution in [0.3, 0.4) is 0 Å². The van der Waals surface area contributed by atoms with Crippen LogP contribution in [-0.2, 0) is 12.8 Å². The minimum atomic E-state index is 0.862. The highest BCUT2D eigenvalue weighted by Gasteiger charge is 2.17. The second-order valence-electron chi connectivity index (χ2n) is 11.2. The van der Waals surface area contributed by atoms with Crippen LogP contribution < -0.4 is 0 Å². The molecule has 0 aliphatic carbocycles. The van der Waals surface area contributed by atoms with Crippen molar-refractivity contribution in [1.82, 2.24) is 0 Å². The zero-order chi connectivity index (χ0) is 25.9. The highest BCUT2D eigenvalue weighted by molar-refractivity contribution is 6.20. The van der Waals surface area contributed by atoms with Gasteiger partial charge in [-0.05, 0) is 77.9 Å². The lowest BCUT2D eigenvalue weighted by molar-refractivity contribution is 0.628. The Hall–Kier alpha value is -3.26. The van der Waals surface area contributed by atoms with Gasteiger partial charge in [0.25, 0.3) is 0 Å². The van der Waals surface area contributed by atoms with Gasteiger partial charge in [-0.1, -0.05) is 95.5 Å². The SMILES string of the molecule is CCCCCCCc1ccc2cc3c(cc2c1)oc1c3ccc2c3ccc(CCCCCCC)cc3oc21. The van der Waals surface area contributed by atoms with Crippen molar-refractivity contribution in [3.05, 3.63) is 71.8 Å². The van der Waals surface area contributed by atoms with Crippen LogP contribution in [0.1, 0.15) is 89.2 Å². The van der Waals surface area contributed by atoms with E-state index in [0.717, 1.165) is 51.3 Å². The molecule has 196 valence electrons. The third kappa shape index (κ3) is 4.94. The smallest absolute Gasteiger partial charge is 0.178 e. The van der Waals surface area contributed by atoms with Crippen LogP contribution in [0.15, 0.2) is 69.5 Å². The van der Waals surface area contributed by atoms with Gasteiger partial charge in [-0.3, -0.25) is 0 Å². The van der Waals surface area contributed by atoms with E-state index in [2.05, 4.69) is 74.5 Å². The van der Waals surface area contributed by atoms with E-state index in [1.54, 1.807) is 0 Å². The zero-order valence-electron chi connectivity index (χ0n) is 23.1. The second kappa shape index (κ2) is 11.2. The first-order chi connectivity index (χ1) is 18.7. The van der Waals surface area contributed by atoms with Crippen molar-refractivity contribution in [3.63, 3.8) is 0 Å². The summed E-state index contributed by atoms with van der Waals surface area (Å²) in [6.07, 6.45) is 15.4. The highest BCUT2D eigenvalue weighted by Crippen LogP contribution is 2.40. The van der Waals surface area contributed by atoms with Gasteiger partial charge in [0.2, 0.25) is 0 Å². The predicted octanol–water partition coefficient (Wildman–Crippen LogP) is 11.7. The largest absolute Gasteiger partial charge is 0.452 e. The molecular formula is C36H40O2. The number of benzene rings is 4. The molecule has 0 aliphatic heterocycles. The molecule has 0 bridgehead atoms. The van der Waals surface area contributed by atoms with Gasteiger partial charge in [-0.2, -0.15) is 0 Å². The van der Waals surface area contributed by atoms with E-state index in [4.69, 9.17) is 8.83 Å². The molecule has 0 saturated heterocycles. The molecule has 0 aliphatic rings. The number of hydrogen-bond donors (Lipinski definition) is 0. The molecular weight excluding hydrogens is 464 g/mol. The molecule has 2 heterocycles. The monoisotopic (exact) mass is 504 g/mol. The first-order valence-corrected chi connectivity index (χ1v) is 15.0. The van der Waals surface area contributed by atoms with E-state index in [0.29, 0.717) is 0 Å². The summed E-state index contributed by atoms with van der Waals surface area (Å²) in [6.45, 7) is 4.54. The second-order valence-corrected chi connectivity index (χ2v) is 11.2. The first kappa shape index (κ1) is 25.0. The van der Waals surface area contributed by atoms with Crippen molar-refractivity contribution in [3.8, 4) is 0 Å². The van der Waals surface area contributed by atoms with E-state index >= 15 is 0 Å². The summed E-state index contributed by atoms with van der Waals surface area (Å²) in [5.74, 6) is 0. The minimum Gasteiger partial charge on any atom is -0.452 e. The van der Waals surface area contributed by atoms with E-state index < -0.39 is 0 Å². The van der Waals surface area contributed by atoms with Gasteiger partial charge in [0.05, 0.1) is 0 Å². The zero-order valence-corrected chi connectivity index (χ0v) is 23.1. The predicted molar refractivity (Wildman–Crippen MR) is 163 cm³/mol. The van der Waals surface area contributed by atoms with Crippen LogP contribution in [0, 0.1) is 0 Å². The third-order valence-corrected chi connectivity index (χ3v) is 8.30. The summed E-state index contributed by atoms with van der Waals surface area (Å²) in [7, 11) is 0. The lowest BCUT2D eigenvalue weighted by Crippen LogP contribution is -1.86. The summed E-state index contributed by atoms with van der Waals surface area (Å²) in [6, 6.07) is 22.6. The van der Waals surface area contributed by atoms with E-state index in [-0.39, 0.29) is 0 Å². The standard InChI is InChI=1S/C36H40O2/c1-3-5-7-9-11-13-25-15-17-27-23-32-31-20-19-30-29-18-16-26(14-12-10-8-6-4-2)22-33(29)37-35(30)36(31)38-34(32)24-28(27)21-25/h15-24H,3-14H2,1-2H3. The maximum atomic E-state index is 6.51. The molecule has 0 atom stereocenters. The van der Waals surface area contributed by atoms with Crippen LogP contribution in [0.25, 0.3) is 54.6 Å². The van der Waals surface area contributed by atoms with Crippen LogP contribution in [0.2, 0.25) is 0 Å². The summed E-state index contributed by atoms with van der Waals surface area (Å²) in [4.78, 5) is 0. The Morgan fingerprint density at radius 2 is 1.00 bits per heavy atom. The van der Waals surface area contributed by atoms with E-state index in [9.17, 15) is 0 Å². The topological polar surface area (TPSA) is 26.3 Å². The Kier molecular flexibility index (Phi) is 7.40. The number of unbranched alkanes of at least 4 members (excludes halogenated alkanes) is 8. The van der Waals surface area contributed by atoms with Crippen LogP contribution >= 0.6 is 0 Å². The molecule has 0 unspecified atom stereocenters. The fraction of sp³-hybridized carbons (Fsp3) is 0.389. The van der Waals surface area contributed by atoms with Gasteiger partial charge in [0, 0.05) is 21.5 Å². The number of hydrogen-bond acceptors (Lipinski definition) is 2. The fourth-order valence-electron chi connectivity index (χ4n) is 6.08. The van der Waals surface area contributed by atoms with Gasteiger partial charge in [0.15, 0.2) is 11.2 Å². The summed E-state index contributed by atoms with van der Waals surface area (Å²) >= 11 is 0. The highest BCUT2D eigenvalue weighted by atomic mass is 16.4. The maximum absolute atomic E-state index is 6.51. The fourth-order valence-corrected chi connectivity index (χ4v) is 6.08. The lowest BCUT2D eigenvalue weighted by atomic mass is 10.00. The van der Waals surface area contributed by atoms with Crippen molar-refractivity contribution in [1.29, 1.82) is 0 Å². The van der Waals surface area contributed by atoms with Crippen molar-refractivity contribution in [2.45, 2.75) is 90.9 Å². The number of aryl methyl sites for hydroxylation is 2. The molecule has 2 heteroatoms. The molecule has 0 radical (unpaired) electrons. The Bertz CT molecular complexity index is 1700. The average molecular weight is 505 g/mol. The number of fused-ring (bicyclic) bond motifs is 8. The number of rotatable bonds is 12. The van der Waals surface area contributed by atoms with Gasteiger partial charge >= 0.3 is 0 Å². The maximum Gasteiger partial charge on any atom is 0.178 e. The Morgan fingerprint density at radius 3 is 1.68 bits per heavy atom. The molecule has 38 heavy (non-hydrogen) atoms. The summed E-state index contributed by atoms with van der Waals surface area (Å²) in [5.41, 5.74) is 6.42. The Balaban J connectivity index is 1.31. The molecule has 2 nitrogen and oxygen atoms in total. The molecule has 6 rings (SSSR count). The Labute approximate surface area is 226 Å². The molecule has 2 aromatic heterocycles. The van der Waals surface area contributed by atoms with Gasteiger partial charge in [0.1, 0.15) is 11.2 Å². The van der Waals surface area contributed by atoms with Gasteiger partial charge in [-0.25, -0.2) is 0 Å². The lowest BCUT2D eigenvalue weighted by Gasteiger charge is -2.04. The molecule has 4 aromatic carbocycles. The first-order valence-electron chi connectivity index (χ1n) is 15.0. The van der Waals surface area contributed by atoms with Crippen LogP contribution in [0.4, 0.5) is 0 Å². The van der Waals surface area contributed by atoms with Gasteiger partial charge < -0.3 is 8.83 Å². The molecule has 0 amide bonds. The molecule has 0 saturated carbocycles. The Morgan fingerprint density at radius 1 is 0.447 bits per heavy atom. The van der Waals surface area contributed by atoms with Crippen molar-refractivity contribution in [2.75, 3.05) is 0 Å². The van der Waals surface area contributed by atoms with Crippen molar-refractivity contribution < 1.29 is 8.83 Å². The normalized spacial score (nSPS) is 12.2. The average Bonchev–Trinajstić information content (AvgIpc) is 3.49. The molecule has 0 fully saturated rings. The van der Waals surface area contributed by atoms with Gasteiger partial charge in [-0.15, -0.1) is 0 Å². The van der Waals surface area contributed by atoms with Crippen molar-refractivity contribution in [2.24, 2.45) is 0 Å². The van der Waals surface area contributed by atoms with E-state index in [1.807, 2.05) is 0 Å². The van der Waals surface area contributed by atoms with E-state index in [1.165, 1.54) is 91.5 Å². The third-order valence-electron chi connectivity index (χ3n) is 8.30.